The van der Waals surface area contributed by atoms with Gasteiger partial charge in [0.1, 0.15) is 17.4 Å². The van der Waals surface area contributed by atoms with Crippen molar-refractivity contribution in [1.82, 2.24) is 9.88 Å². The van der Waals surface area contributed by atoms with E-state index in [0.717, 1.165) is 12.3 Å². The lowest BCUT2D eigenvalue weighted by atomic mass is 10.1. The van der Waals surface area contributed by atoms with Crippen LogP contribution in [0.1, 0.15) is 43.1 Å². The van der Waals surface area contributed by atoms with Crippen LogP contribution in [0.5, 0.6) is 5.75 Å². The van der Waals surface area contributed by atoms with Crippen molar-refractivity contribution in [2.45, 2.75) is 51.5 Å². The van der Waals surface area contributed by atoms with Crippen molar-refractivity contribution in [3.63, 3.8) is 0 Å². The molecule has 10 nitrogen and oxygen atoms in total. The summed E-state index contributed by atoms with van der Waals surface area (Å²) in [7, 11) is 0. The number of anilines is 1. The molecule has 1 aliphatic heterocycles. The van der Waals surface area contributed by atoms with Crippen LogP contribution in [0, 0.1) is 5.82 Å². The summed E-state index contributed by atoms with van der Waals surface area (Å²) >= 11 is 0. The van der Waals surface area contributed by atoms with Gasteiger partial charge < -0.3 is 34.8 Å². The molecule has 1 saturated heterocycles. The van der Waals surface area contributed by atoms with Gasteiger partial charge >= 0.3 is 18.6 Å². The van der Waals surface area contributed by atoms with E-state index in [1.165, 1.54) is 11.5 Å². The second-order valence-corrected chi connectivity index (χ2v) is 8.44. The lowest BCUT2D eigenvalue weighted by Gasteiger charge is -2.35. The molecule has 4 N–H and O–H groups in total. The van der Waals surface area contributed by atoms with Gasteiger partial charge in [0.2, 0.25) is 5.43 Å². The summed E-state index contributed by atoms with van der Waals surface area (Å²) in [4.78, 5) is 35.2. The minimum Gasteiger partial charge on any atom is -0.479 e. The molecule has 2 fully saturated rings. The minimum absolute atomic E-state index is 0.00161. The number of benzene rings is 1. The average Bonchev–Trinajstić information content (AvgIpc) is 3.59. The van der Waals surface area contributed by atoms with Crippen molar-refractivity contribution >= 4 is 28.5 Å². The van der Waals surface area contributed by atoms with Gasteiger partial charge in [-0.15, -0.1) is 0 Å². The summed E-state index contributed by atoms with van der Waals surface area (Å²) in [6.45, 7) is 1.11. The number of fused-ring (bicyclic) bond motifs is 1. The molecule has 0 bridgehead atoms. The van der Waals surface area contributed by atoms with Crippen LogP contribution in [0.3, 0.4) is 0 Å². The Bertz CT molecular complexity index is 1180. The van der Waals surface area contributed by atoms with Crippen molar-refractivity contribution in [2.24, 2.45) is 0 Å². The Hall–Kier alpha value is -3.32. The van der Waals surface area contributed by atoms with Crippen LogP contribution in [-0.4, -0.2) is 70.2 Å². The third-order valence-electron chi connectivity index (χ3n) is 5.62. The van der Waals surface area contributed by atoms with Crippen LogP contribution in [0.4, 0.5) is 18.9 Å². The number of aromatic carboxylic acids is 1. The highest BCUT2D eigenvalue weighted by molar-refractivity contribution is 5.97. The van der Waals surface area contributed by atoms with Crippen molar-refractivity contribution in [3.05, 3.63) is 33.9 Å². The quantitative estimate of drug-likeness (QED) is 0.468. The summed E-state index contributed by atoms with van der Waals surface area (Å²) in [6.07, 6.45) is 1.31. The zero-order valence-electron chi connectivity index (χ0n) is 19.0. The average molecular weight is 501 g/mol. The Morgan fingerprint density at radius 1 is 1.26 bits per heavy atom. The number of aliphatic carboxylic acids is 1. The number of carbonyl (C=O) groups is 2. The molecule has 192 valence electrons. The smallest absolute Gasteiger partial charge is 0.387 e. The molecule has 1 aromatic carbocycles. The number of aliphatic hydroxyl groups is 1. The zero-order valence-corrected chi connectivity index (χ0v) is 19.0. The lowest BCUT2D eigenvalue weighted by molar-refractivity contribution is -0.145. The van der Waals surface area contributed by atoms with Crippen LogP contribution >= 0.6 is 0 Å². The second kappa shape index (κ2) is 10.5. The molecule has 0 radical (unpaired) electrons. The van der Waals surface area contributed by atoms with Gasteiger partial charge in [-0.1, -0.05) is 0 Å². The summed E-state index contributed by atoms with van der Waals surface area (Å²) < 4.78 is 48.0. The maximum Gasteiger partial charge on any atom is 0.387 e. The van der Waals surface area contributed by atoms with Gasteiger partial charge in [-0.2, -0.15) is 8.78 Å². The number of carboxylic acids is 2. The van der Waals surface area contributed by atoms with E-state index in [1.807, 2.05) is 6.92 Å². The standard InChI is InChI=1S/C19H20F3N3O4.C3H6O3/c1-9-7-24(5-4-23-9)15-13(20)6-11-14(17(15)29-19(21)22)25(10-2-3-10)8-12(16(11)26)18(27)28;1-2(4)3(5)6/h6,8-10,19,23H,2-5,7H2,1H3,(H,27,28);2,4H,1H3,(H,5,6). The number of alkyl halides is 2. The van der Waals surface area contributed by atoms with E-state index in [-0.39, 0.29) is 28.7 Å². The lowest BCUT2D eigenvalue weighted by Crippen LogP contribution is -2.49. The molecule has 35 heavy (non-hydrogen) atoms. The molecule has 0 spiro atoms. The molecule has 1 aliphatic carbocycles. The molecule has 13 heteroatoms. The fraction of sp³-hybridized carbons (Fsp3) is 0.500. The van der Waals surface area contributed by atoms with E-state index in [9.17, 15) is 28.3 Å². The molecule has 1 aromatic heterocycles. The fourth-order valence-corrected chi connectivity index (χ4v) is 3.87. The summed E-state index contributed by atoms with van der Waals surface area (Å²) in [6, 6.07) is 0.776. The van der Waals surface area contributed by atoms with Crippen molar-refractivity contribution in [1.29, 1.82) is 0 Å². The third-order valence-corrected chi connectivity index (χ3v) is 5.62. The maximum atomic E-state index is 15.1. The number of ether oxygens (including phenoxy) is 1. The summed E-state index contributed by atoms with van der Waals surface area (Å²) in [5, 5.41) is 28.0. The first-order valence-corrected chi connectivity index (χ1v) is 10.9. The SMILES string of the molecule is CC(O)C(=O)O.CC1CN(c2c(F)cc3c(=O)c(C(=O)O)cn(C4CC4)c3c2OC(F)F)CCN1. The van der Waals surface area contributed by atoms with E-state index < -0.39 is 47.2 Å². The predicted octanol–water partition coefficient (Wildman–Crippen LogP) is 2.02. The summed E-state index contributed by atoms with van der Waals surface area (Å²) in [5.74, 6) is -3.97. The normalized spacial score (nSPS) is 18.7. The van der Waals surface area contributed by atoms with Crippen molar-refractivity contribution in [3.8, 4) is 5.75 Å². The molecule has 2 atom stereocenters. The van der Waals surface area contributed by atoms with E-state index >= 15 is 4.39 Å². The number of rotatable bonds is 6. The molecule has 4 rings (SSSR count). The third kappa shape index (κ3) is 5.85. The van der Waals surface area contributed by atoms with Crippen molar-refractivity contribution in [2.75, 3.05) is 24.5 Å². The van der Waals surface area contributed by atoms with Gasteiger partial charge in [-0.3, -0.25) is 4.79 Å². The van der Waals surface area contributed by atoms with E-state index in [1.54, 1.807) is 4.90 Å². The fourth-order valence-electron chi connectivity index (χ4n) is 3.87. The number of pyridine rings is 1. The Morgan fingerprint density at radius 3 is 2.37 bits per heavy atom. The first-order valence-electron chi connectivity index (χ1n) is 10.9. The number of nitrogens with one attached hydrogen (secondary N) is 1. The van der Waals surface area contributed by atoms with Gasteiger partial charge in [-0.25, -0.2) is 14.0 Å². The Morgan fingerprint density at radius 2 is 1.89 bits per heavy atom. The second-order valence-electron chi connectivity index (χ2n) is 8.44. The molecule has 2 aromatic rings. The monoisotopic (exact) mass is 501 g/mol. The van der Waals surface area contributed by atoms with Gasteiger partial charge in [0, 0.05) is 37.9 Å². The highest BCUT2D eigenvalue weighted by Gasteiger charge is 2.33. The molecule has 2 heterocycles. The number of piperazine rings is 1. The van der Waals surface area contributed by atoms with Gasteiger partial charge in [-0.05, 0) is 32.8 Å². The number of hydrogen-bond donors (Lipinski definition) is 4. The Labute approximate surface area is 197 Å². The van der Waals surface area contributed by atoms with Crippen molar-refractivity contribution < 1.29 is 42.8 Å². The number of aromatic nitrogens is 1. The highest BCUT2D eigenvalue weighted by atomic mass is 19.3. The molecule has 2 unspecified atom stereocenters. The van der Waals surface area contributed by atoms with E-state index in [0.29, 0.717) is 32.5 Å². The molecule has 2 aliphatic rings. The predicted molar refractivity (Wildman–Crippen MR) is 119 cm³/mol. The number of aliphatic hydroxyl groups excluding tert-OH is 1. The molecular weight excluding hydrogens is 475 g/mol. The van der Waals surface area contributed by atoms with Crippen LogP contribution in [-0.2, 0) is 4.79 Å². The number of halogens is 3. The first-order chi connectivity index (χ1) is 16.4. The van der Waals surface area contributed by atoms with Crippen LogP contribution in [0.15, 0.2) is 17.1 Å². The molecular formula is C22H26F3N3O7. The van der Waals surface area contributed by atoms with Gasteiger partial charge in [0.15, 0.2) is 11.6 Å². The molecule has 1 saturated carbocycles. The van der Waals surface area contributed by atoms with Crippen LogP contribution in [0.25, 0.3) is 10.9 Å². The zero-order chi connectivity index (χ0) is 26.0. The minimum atomic E-state index is -3.24. The van der Waals surface area contributed by atoms with E-state index in [4.69, 9.17) is 14.9 Å². The summed E-state index contributed by atoms with van der Waals surface area (Å²) in [5.41, 5.74) is -1.59. The first kappa shape index (κ1) is 26.3. The largest absolute Gasteiger partial charge is 0.479 e. The van der Waals surface area contributed by atoms with Crippen LogP contribution in [0.2, 0.25) is 0 Å². The maximum absolute atomic E-state index is 15.1. The van der Waals surface area contributed by atoms with Gasteiger partial charge in [0.25, 0.3) is 0 Å². The molecule has 0 amide bonds. The number of hydrogen-bond acceptors (Lipinski definition) is 7. The Kier molecular flexibility index (Phi) is 7.90. The number of nitrogens with zero attached hydrogens (tertiary/aromatic N) is 2. The topological polar surface area (TPSA) is 141 Å². The van der Waals surface area contributed by atoms with E-state index in [2.05, 4.69) is 5.32 Å². The highest BCUT2D eigenvalue weighted by Crippen LogP contribution is 2.44. The van der Waals surface area contributed by atoms with Gasteiger partial charge in [0.05, 0.1) is 10.9 Å². The van der Waals surface area contributed by atoms with Crippen LogP contribution < -0.4 is 20.4 Å². The Balaban J connectivity index is 0.000000509. The number of carboxylic acid groups (broad SMARTS) is 2.